The number of hydrogen-bond acceptors (Lipinski definition) is 6. The molecule has 0 radical (unpaired) electrons. The number of rotatable bonds is 20. The van der Waals surface area contributed by atoms with Gasteiger partial charge in [-0.15, -0.1) is 0 Å². The van der Waals surface area contributed by atoms with Gasteiger partial charge in [0.1, 0.15) is 6.04 Å². The Balaban J connectivity index is 2.19. The Morgan fingerprint density at radius 3 is 2.19 bits per heavy atom. The third-order valence-electron chi connectivity index (χ3n) is 9.36. The monoisotopic (exact) mass is 684 g/mol. The molecule has 4 N–H and O–H groups in total. The van der Waals surface area contributed by atoms with E-state index in [0.717, 1.165) is 55.4 Å². The van der Waals surface area contributed by atoms with Gasteiger partial charge in [-0.05, 0) is 43.7 Å². The van der Waals surface area contributed by atoms with E-state index < -0.39 is 60.7 Å². The van der Waals surface area contributed by atoms with E-state index in [0.29, 0.717) is 18.8 Å². The number of amides is 3. The van der Waals surface area contributed by atoms with E-state index in [9.17, 15) is 37.8 Å². The summed E-state index contributed by atoms with van der Waals surface area (Å²) >= 11 is 0. The molecule has 1 aliphatic carbocycles. The molecule has 1 aliphatic rings. The van der Waals surface area contributed by atoms with Crippen molar-refractivity contribution in [2.24, 2.45) is 17.8 Å². The summed E-state index contributed by atoms with van der Waals surface area (Å²) in [5.41, 5.74) is 0.820. The van der Waals surface area contributed by atoms with Gasteiger partial charge in [0, 0.05) is 26.6 Å². The van der Waals surface area contributed by atoms with Crippen LogP contribution in [0.15, 0.2) is 30.3 Å². The molecule has 2 unspecified atom stereocenters. The average Bonchev–Trinajstić information content (AvgIpc) is 3.03. The molecule has 3 amide bonds. The summed E-state index contributed by atoms with van der Waals surface area (Å²) in [4.78, 5) is 43.3. The lowest BCUT2D eigenvalue weighted by Crippen LogP contribution is -2.57. The highest BCUT2D eigenvalue weighted by atomic mass is 19.4. The lowest BCUT2D eigenvalue weighted by Gasteiger charge is -2.34. The first-order valence-electron chi connectivity index (χ1n) is 17.6. The maximum absolute atomic E-state index is 13.8. The van der Waals surface area contributed by atoms with Gasteiger partial charge in [0.05, 0.1) is 30.7 Å². The lowest BCUT2D eigenvalue weighted by molar-refractivity contribution is -0.144. The zero-order chi connectivity index (χ0) is 35.9. The summed E-state index contributed by atoms with van der Waals surface area (Å²) in [7, 11) is 2.83. The summed E-state index contributed by atoms with van der Waals surface area (Å²) < 4.78 is 38.3. The zero-order valence-electron chi connectivity index (χ0n) is 29.5. The molecular weight excluding hydrogens is 625 g/mol. The van der Waals surface area contributed by atoms with Crippen molar-refractivity contribution in [2.45, 2.75) is 122 Å². The molecule has 0 bridgehead atoms. The van der Waals surface area contributed by atoms with Crippen LogP contribution in [0.25, 0.3) is 0 Å². The second-order valence-corrected chi connectivity index (χ2v) is 14.0. The fourth-order valence-corrected chi connectivity index (χ4v) is 6.35. The Labute approximate surface area is 285 Å². The van der Waals surface area contributed by atoms with Gasteiger partial charge in [-0.2, -0.15) is 13.2 Å². The SMILES string of the molecule is CCCC[C@H](O)[C@H](O)C(CC1CCCCC1)NC(=O)[C@@H](NC(=O)C(CC(=O)N(C)CCN(C)CC(F)(F)F)Cc1ccccc1)C(C)C. The first-order chi connectivity index (χ1) is 22.6. The van der Waals surface area contributed by atoms with Gasteiger partial charge in [0.25, 0.3) is 0 Å². The van der Waals surface area contributed by atoms with Crippen molar-refractivity contribution in [3.63, 3.8) is 0 Å². The van der Waals surface area contributed by atoms with Crippen LogP contribution in [0.5, 0.6) is 0 Å². The molecule has 274 valence electrons. The van der Waals surface area contributed by atoms with Crippen LogP contribution in [-0.4, -0.2) is 102 Å². The van der Waals surface area contributed by atoms with Gasteiger partial charge in [-0.3, -0.25) is 19.3 Å². The molecule has 1 aromatic rings. The summed E-state index contributed by atoms with van der Waals surface area (Å²) in [5.74, 6) is -2.20. The van der Waals surface area contributed by atoms with Crippen molar-refractivity contribution in [1.29, 1.82) is 0 Å². The number of carbonyl (C=O) groups excluding carboxylic acids is 3. The van der Waals surface area contributed by atoms with Crippen molar-refractivity contribution < 1.29 is 37.8 Å². The number of aliphatic hydroxyl groups excluding tert-OH is 2. The molecule has 0 heterocycles. The van der Waals surface area contributed by atoms with Gasteiger partial charge < -0.3 is 25.7 Å². The van der Waals surface area contributed by atoms with E-state index >= 15 is 0 Å². The van der Waals surface area contributed by atoms with Crippen molar-refractivity contribution >= 4 is 17.7 Å². The number of unbranched alkanes of at least 4 members (excludes halogenated alkanes) is 1. The molecule has 0 aromatic heterocycles. The average molecular weight is 685 g/mol. The molecule has 1 saturated carbocycles. The minimum atomic E-state index is -4.35. The molecule has 0 saturated heterocycles. The van der Waals surface area contributed by atoms with Crippen LogP contribution in [0.1, 0.15) is 90.5 Å². The van der Waals surface area contributed by atoms with Crippen molar-refractivity contribution in [3.05, 3.63) is 35.9 Å². The van der Waals surface area contributed by atoms with Gasteiger partial charge >= 0.3 is 6.18 Å². The van der Waals surface area contributed by atoms with Crippen molar-refractivity contribution in [3.8, 4) is 0 Å². The van der Waals surface area contributed by atoms with E-state index in [1.807, 2.05) is 37.3 Å². The number of nitrogens with one attached hydrogen (secondary N) is 2. The summed E-state index contributed by atoms with van der Waals surface area (Å²) in [6.45, 7) is 4.57. The van der Waals surface area contributed by atoms with Crippen LogP contribution in [0.3, 0.4) is 0 Å². The number of hydrogen-bond donors (Lipinski definition) is 4. The molecule has 5 atom stereocenters. The standard InChI is InChI=1S/C36H59F3N4O5/c1-6-7-18-30(44)33(46)29(22-27-16-12-9-13-17-27)40-35(48)32(25(2)3)41-34(47)28(21-26-14-10-8-11-15-26)23-31(45)43(5)20-19-42(4)24-36(37,38)39/h8,10-11,14-15,25,27-30,32-33,44,46H,6-7,9,12-13,16-24H2,1-5H3,(H,40,48)(H,41,47)/t28?,29?,30-,32-,33+/m0/s1. The third kappa shape index (κ3) is 15.2. The number of alkyl halides is 3. The Morgan fingerprint density at radius 1 is 0.958 bits per heavy atom. The first-order valence-corrected chi connectivity index (χ1v) is 17.6. The van der Waals surface area contributed by atoms with Gasteiger partial charge in [0.2, 0.25) is 17.7 Å². The molecule has 0 aliphatic heterocycles. The molecule has 12 heteroatoms. The van der Waals surface area contributed by atoms with Crippen LogP contribution >= 0.6 is 0 Å². The number of aliphatic hydroxyl groups is 2. The Kier molecular flexibility index (Phi) is 17.9. The van der Waals surface area contributed by atoms with E-state index in [-0.39, 0.29) is 31.8 Å². The van der Waals surface area contributed by atoms with Crippen LogP contribution in [0.4, 0.5) is 13.2 Å². The highest BCUT2D eigenvalue weighted by Gasteiger charge is 2.35. The van der Waals surface area contributed by atoms with Crippen LogP contribution < -0.4 is 10.6 Å². The van der Waals surface area contributed by atoms with Crippen molar-refractivity contribution in [2.75, 3.05) is 33.7 Å². The predicted molar refractivity (Wildman–Crippen MR) is 181 cm³/mol. The minimum Gasteiger partial charge on any atom is -0.390 e. The number of likely N-dealkylation sites (N-methyl/N-ethyl adjacent to an activating group) is 2. The number of carbonyl (C=O) groups is 3. The van der Waals surface area contributed by atoms with E-state index in [1.54, 1.807) is 13.8 Å². The maximum atomic E-state index is 13.8. The van der Waals surface area contributed by atoms with E-state index in [2.05, 4.69) is 10.6 Å². The second-order valence-electron chi connectivity index (χ2n) is 14.0. The van der Waals surface area contributed by atoms with E-state index in [1.165, 1.54) is 19.0 Å². The summed E-state index contributed by atoms with van der Waals surface area (Å²) in [6, 6.07) is 7.52. The highest BCUT2D eigenvalue weighted by Crippen LogP contribution is 2.29. The lowest BCUT2D eigenvalue weighted by atomic mass is 9.82. The number of nitrogens with zero attached hydrogens (tertiary/aromatic N) is 2. The molecule has 9 nitrogen and oxygen atoms in total. The largest absolute Gasteiger partial charge is 0.401 e. The smallest absolute Gasteiger partial charge is 0.390 e. The quantitative estimate of drug-likeness (QED) is 0.158. The summed E-state index contributed by atoms with van der Waals surface area (Å²) in [6.07, 6.45) is 1.43. The van der Waals surface area contributed by atoms with Crippen molar-refractivity contribution in [1.82, 2.24) is 20.4 Å². The highest BCUT2D eigenvalue weighted by molar-refractivity contribution is 5.91. The Hall–Kier alpha value is -2.70. The molecule has 48 heavy (non-hydrogen) atoms. The van der Waals surface area contributed by atoms with Gasteiger partial charge in [-0.1, -0.05) is 96.0 Å². The minimum absolute atomic E-state index is 0.00785. The summed E-state index contributed by atoms with van der Waals surface area (Å²) in [5, 5.41) is 27.8. The van der Waals surface area contributed by atoms with E-state index in [4.69, 9.17) is 0 Å². The Morgan fingerprint density at radius 2 is 1.60 bits per heavy atom. The second kappa shape index (κ2) is 20.7. The Bertz CT molecular complexity index is 1100. The maximum Gasteiger partial charge on any atom is 0.401 e. The number of halogens is 3. The topological polar surface area (TPSA) is 122 Å². The first kappa shape index (κ1) is 41.5. The van der Waals surface area contributed by atoms with Crippen LogP contribution in [0, 0.1) is 17.8 Å². The van der Waals surface area contributed by atoms with Crippen LogP contribution in [0.2, 0.25) is 0 Å². The fraction of sp³-hybridized carbons (Fsp3) is 0.750. The van der Waals surface area contributed by atoms with Gasteiger partial charge in [-0.25, -0.2) is 0 Å². The molecule has 1 aromatic carbocycles. The normalized spacial score (nSPS) is 17.4. The third-order valence-corrected chi connectivity index (χ3v) is 9.36. The zero-order valence-corrected chi connectivity index (χ0v) is 29.5. The predicted octanol–water partition coefficient (Wildman–Crippen LogP) is 4.70. The van der Waals surface area contributed by atoms with Gasteiger partial charge in [0.15, 0.2) is 0 Å². The van der Waals surface area contributed by atoms with Crippen LogP contribution in [-0.2, 0) is 20.8 Å². The number of benzene rings is 1. The molecular formula is C36H59F3N4O5. The molecule has 2 rings (SSSR count). The molecule has 0 spiro atoms. The fourth-order valence-electron chi connectivity index (χ4n) is 6.35. The molecule has 1 fully saturated rings.